The van der Waals surface area contributed by atoms with E-state index >= 15 is 0 Å². The van der Waals surface area contributed by atoms with Crippen molar-refractivity contribution in [1.29, 1.82) is 0 Å². The van der Waals surface area contributed by atoms with Gasteiger partial charge in [-0.15, -0.1) is 0 Å². The number of carbonyl (C=O) groups excluding carboxylic acids is 1. The Labute approximate surface area is 122 Å². The van der Waals surface area contributed by atoms with Crippen molar-refractivity contribution in [1.82, 2.24) is 5.32 Å². The molecule has 2 rings (SSSR count). The van der Waals surface area contributed by atoms with Crippen LogP contribution in [0.3, 0.4) is 0 Å². The third-order valence-electron chi connectivity index (χ3n) is 2.85. The van der Waals surface area contributed by atoms with Gasteiger partial charge < -0.3 is 10.4 Å². The molecule has 0 heterocycles. The zero-order chi connectivity index (χ0) is 15.2. The Kier molecular flexibility index (Phi) is 4.51. The standard InChI is InChI=1S/C17H15NO3/c1-12(19)18-16(17(20)21)11-13-6-5-9-15(10-13)14-7-3-2-4-8-14/h2-11H,1H3,(H,18,19)(H,20,21)/b16-11+. The summed E-state index contributed by atoms with van der Waals surface area (Å²) in [7, 11) is 0. The van der Waals surface area contributed by atoms with Gasteiger partial charge in [-0.1, -0.05) is 48.5 Å². The van der Waals surface area contributed by atoms with Crippen molar-refractivity contribution >= 4 is 18.0 Å². The third-order valence-corrected chi connectivity index (χ3v) is 2.85. The minimum absolute atomic E-state index is 0.146. The molecule has 0 bridgehead atoms. The third kappa shape index (κ3) is 4.04. The average molecular weight is 281 g/mol. The predicted octanol–water partition coefficient (Wildman–Crippen LogP) is 2.92. The summed E-state index contributed by atoms with van der Waals surface area (Å²) in [5.41, 5.74) is 2.59. The molecule has 1 amide bonds. The van der Waals surface area contributed by atoms with E-state index in [1.807, 2.05) is 48.5 Å². The van der Waals surface area contributed by atoms with Crippen LogP contribution in [0.1, 0.15) is 12.5 Å². The second-order valence-electron chi connectivity index (χ2n) is 4.54. The van der Waals surface area contributed by atoms with Gasteiger partial charge in [0.05, 0.1) is 0 Å². The minimum atomic E-state index is -1.17. The Balaban J connectivity index is 2.36. The molecular formula is C17H15NO3. The molecule has 0 unspecified atom stereocenters. The lowest BCUT2D eigenvalue weighted by atomic mass is 10.0. The van der Waals surface area contributed by atoms with Crippen LogP contribution in [-0.2, 0) is 9.59 Å². The second-order valence-corrected chi connectivity index (χ2v) is 4.54. The van der Waals surface area contributed by atoms with Crippen LogP contribution in [0, 0.1) is 0 Å². The molecule has 2 aromatic rings. The van der Waals surface area contributed by atoms with Gasteiger partial charge in [0, 0.05) is 6.92 Å². The number of carboxylic acids is 1. The maximum Gasteiger partial charge on any atom is 0.352 e. The highest BCUT2D eigenvalue weighted by molar-refractivity contribution is 5.96. The molecule has 4 heteroatoms. The highest BCUT2D eigenvalue weighted by Crippen LogP contribution is 2.21. The summed E-state index contributed by atoms with van der Waals surface area (Å²) in [6, 6.07) is 17.2. The fraction of sp³-hybridized carbons (Fsp3) is 0.0588. The molecule has 0 spiro atoms. The average Bonchev–Trinajstić information content (AvgIpc) is 2.47. The van der Waals surface area contributed by atoms with Crippen molar-refractivity contribution in [2.24, 2.45) is 0 Å². The van der Waals surface area contributed by atoms with Gasteiger partial charge in [-0.2, -0.15) is 0 Å². The molecule has 0 saturated heterocycles. The van der Waals surface area contributed by atoms with Crippen LogP contribution in [0.25, 0.3) is 17.2 Å². The monoisotopic (exact) mass is 281 g/mol. The lowest BCUT2D eigenvalue weighted by Crippen LogP contribution is -2.24. The topological polar surface area (TPSA) is 66.4 Å². The van der Waals surface area contributed by atoms with E-state index in [1.165, 1.54) is 13.0 Å². The molecule has 0 radical (unpaired) electrons. The Morgan fingerprint density at radius 3 is 2.29 bits per heavy atom. The van der Waals surface area contributed by atoms with Gasteiger partial charge in [0.25, 0.3) is 0 Å². The van der Waals surface area contributed by atoms with Gasteiger partial charge in [0.1, 0.15) is 5.70 Å². The number of carbonyl (C=O) groups is 2. The Morgan fingerprint density at radius 1 is 1.00 bits per heavy atom. The highest BCUT2D eigenvalue weighted by Gasteiger charge is 2.09. The molecule has 0 aliphatic carbocycles. The molecule has 106 valence electrons. The van der Waals surface area contributed by atoms with Crippen LogP contribution >= 0.6 is 0 Å². The maximum absolute atomic E-state index is 11.1. The normalized spacial score (nSPS) is 11.0. The molecule has 21 heavy (non-hydrogen) atoms. The van der Waals surface area contributed by atoms with Crippen LogP contribution < -0.4 is 5.32 Å². The second kappa shape index (κ2) is 6.52. The lowest BCUT2D eigenvalue weighted by Gasteiger charge is -2.05. The van der Waals surface area contributed by atoms with Gasteiger partial charge in [0.15, 0.2) is 0 Å². The molecule has 0 atom stereocenters. The van der Waals surface area contributed by atoms with Gasteiger partial charge in [-0.25, -0.2) is 4.79 Å². The summed E-state index contributed by atoms with van der Waals surface area (Å²) in [5.74, 6) is -1.59. The van der Waals surface area contributed by atoms with E-state index in [1.54, 1.807) is 6.07 Å². The van der Waals surface area contributed by atoms with Crippen LogP contribution in [0.4, 0.5) is 0 Å². The quantitative estimate of drug-likeness (QED) is 0.847. The molecule has 0 aliphatic heterocycles. The lowest BCUT2D eigenvalue weighted by molar-refractivity contribution is -0.134. The van der Waals surface area contributed by atoms with Crippen molar-refractivity contribution in [3.8, 4) is 11.1 Å². The number of nitrogens with one attached hydrogen (secondary N) is 1. The van der Waals surface area contributed by atoms with E-state index < -0.39 is 11.9 Å². The van der Waals surface area contributed by atoms with E-state index in [0.717, 1.165) is 11.1 Å². The fourth-order valence-corrected chi connectivity index (χ4v) is 1.95. The fourth-order valence-electron chi connectivity index (χ4n) is 1.95. The summed E-state index contributed by atoms with van der Waals surface area (Å²) in [4.78, 5) is 22.1. The number of aliphatic carboxylic acids is 1. The number of amides is 1. The van der Waals surface area contributed by atoms with Gasteiger partial charge in [0.2, 0.25) is 5.91 Å². The van der Waals surface area contributed by atoms with Crippen LogP contribution in [0.2, 0.25) is 0 Å². The summed E-state index contributed by atoms with van der Waals surface area (Å²) in [5, 5.41) is 11.4. The van der Waals surface area contributed by atoms with E-state index in [-0.39, 0.29) is 5.70 Å². The number of hydrogen-bond donors (Lipinski definition) is 2. The molecular weight excluding hydrogens is 266 g/mol. The zero-order valence-electron chi connectivity index (χ0n) is 11.5. The first-order valence-corrected chi connectivity index (χ1v) is 6.44. The van der Waals surface area contributed by atoms with Crippen molar-refractivity contribution in [2.75, 3.05) is 0 Å². The highest BCUT2D eigenvalue weighted by atomic mass is 16.4. The van der Waals surface area contributed by atoms with Crippen LogP contribution in [0.15, 0.2) is 60.3 Å². The van der Waals surface area contributed by atoms with Crippen molar-refractivity contribution in [3.63, 3.8) is 0 Å². The van der Waals surface area contributed by atoms with Crippen molar-refractivity contribution < 1.29 is 14.7 Å². The molecule has 0 aliphatic rings. The maximum atomic E-state index is 11.1. The SMILES string of the molecule is CC(=O)N/C(=C/c1cccc(-c2ccccc2)c1)C(=O)O. The molecule has 0 aromatic heterocycles. The van der Waals surface area contributed by atoms with E-state index in [2.05, 4.69) is 5.32 Å². The van der Waals surface area contributed by atoms with Crippen molar-refractivity contribution in [2.45, 2.75) is 6.92 Å². The van der Waals surface area contributed by atoms with E-state index in [0.29, 0.717) is 5.56 Å². The first kappa shape index (κ1) is 14.5. The molecule has 0 saturated carbocycles. The Hall–Kier alpha value is -2.88. The van der Waals surface area contributed by atoms with Gasteiger partial charge >= 0.3 is 5.97 Å². The summed E-state index contributed by atoms with van der Waals surface area (Å²) in [6.07, 6.45) is 1.44. The molecule has 2 N–H and O–H groups in total. The zero-order valence-corrected chi connectivity index (χ0v) is 11.5. The van der Waals surface area contributed by atoms with Gasteiger partial charge in [-0.3, -0.25) is 4.79 Å². The molecule has 0 fully saturated rings. The summed E-state index contributed by atoms with van der Waals surface area (Å²) >= 11 is 0. The van der Waals surface area contributed by atoms with Crippen LogP contribution in [0.5, 0.6) is 0 Å². The number of carboxylic acid groups (broad SMARTS) is 1. The summed E-state index contributed by atoms with van der Waals surface area (Å²) < 4.78 is 0. The predicted molar refractivity (Wildman–Crippen MR) is 81.3 cm³/mol. The van der Waals surface area contributed by atoms with E-state index in [9.17, 15) is 9.59 Å². The largest absolute Gasteiger partial charge is 0.477 e. The van der Waals surface area contributed by atoms with Crippen molar-refractivity contribution in [3.05, 3.63) is 65.9 Å². The first-order chi connectivity index (χ1) is 10.1. The van der Waals surface area contributed by atoms with Crippen LogP contribution in [-0.4, -0.2) is 17.0 Å². The minimum Gasteiger partial charge on any atom is -0.477 e. The number of rotatable bonds is 4. The Bertz CT molecular complexity index is 690. The number of hydrogen-bond acceptors (Lipinski definition) is 2. The molecule has 2 aromatic carbocycles. The molecule has 4 nitrogen and oxygen atoms in total. The summed E-state index contributed by atoms with van der Waals surface area (Å²) in [6.45, 7) is 1.27. The Morgan fingerprint density at radius 2 is 1.67 bits per heavy atom. The van der Waals surface area contributed by atoms with E-state index in [4.69, 9.17) is 5.11 Å². The number of benzene rings is 2. The smallest absolute Gasteiger partial charge is 0.352 e. The van der Waals surface area contributed by atoms with Gasteiger partial charge in [-0.05, 0) is 28.8 Å². The first-order valence-electron chi connectivity index (χ1n) is 6.44.